The van der Waals surface area contributed by atoms with Crippen molar-refractivity contribution in [3.8, 4) is 0 Å². The number of hydrogen-bond acceptors (Lipinski definition) is 6. The Morgan fingerprint density at radius 2 is 1.34 bits per heavy atom. The number of nitrogens with one attached hydrogen (secondary N) is 1. The van der Waals surface area contributed by atoms with E-state index in [1.165, 1.54) is 0 Å². The SMILES string of the molecule is CC(C)(C)OC(=O)N1CCC(C(=O)O)CC1.CC(C)N1CCN(C(=O)C2CCNCC2)CC1.Cl.Cl. The van der Waals surface area contributed by atoms with E-state index in [0.717, 1.165) is 52.1 Å². The molecule has 0 saturated carbocycles. The number of amides is 2. The van der Waals surface area contributed by atoms with Gasteiger partial charge in [0.2, 0.25) is 5.91 Å². The van der Waals surface area contributed by atoms with Crippen LogP contribution in [0.15, 0.2) is 0 Å². The number of likely N-dealkylation sites (tertiary alicyclic amines) is 1. The average Bonchev–Trinajstić information content (AvgIpc) is 2.78. The van der Waals surface area contributed by atoms with Gasteiger partial charge >= 0.3 is 12.1 Å². The number of carbonyl (C=O) groups is 3. The van der Waals surface area contributed by atoms with Crippen molar-refractivity contribution < 1.29 is 24.2 Å². The Balaban J connectivity index is 0.000000626. The second-order valence-corrected chi connectivity index (χ2v) is 10.6. The zero-order valence-electron chi connectivity index (χ0n) is 22.0. The number of carboxylic acid groups (broad SMARTS) is 1. The van der Waals surface area contributed by atoms with E-state index in [1.807, 2.05) is 20.8 Å². The Morgan fingerprint density at radius 3 is 1.77 bits per heavy atom. The molecule has 2 amide bonds. The van der Waals surface area contributed by atoms with Crippen LogP contribution in [0.5, 0.6) is 0 Å². The summed E-state index contributed by atoms with van der Waals surface area (Å²) in [5.74, 6) is -0.417. The number of rotatable bonds is 3. The topological polar surface area (TPSA) is 102 Å². The summed E-state index contributed by atoms with van der Waals surface area (Å²) in [6.07, 6.45) is 2.70. The van der Waals surface area contributed by atoms with Gasteiger partial charge in [0.15, 0.2) is 0 Å². The van der Waals surface area contributed by atoms with Crippen molar-refractivity contribution in [3.05, 3.63) is 0 Å². The highest BCUT2D eigenvalue weighted by atomic mass is 35.5. The molecule has 0 aromatic carbocycles. The summed E-state index contributed by atoms with van der Waals surface area (Å²) in [5, 5.41) is 12.1. The maximum atomic E-state index is 12.3. The van der Waals surface area contributed by atoms with Crippen LogP contribution in [0.25, 0.3) is 0 Å². The van der Waals surface area contributed by atoms with Gasteiger partial charge in [-0.2, -0.15) is 0 Å². The van der Waals surface area contributed by atoms with Gasteiger partial charge in [-0.15, -0.1) is 24.8 Å². The fourth-order valence-electron chi connectivity index (χ4n) is 4.42. The minimum absolute atomic E-state index is 0. The minimum Gasteiger partial charge on any atom is -0.481 e. The number of nitrogens with zero attached hydrogens (tertiary/aromatic N) is 3. The van der Waals surface area contributed by atoms with E-state index in [0.29, 0.717) is 37.9 Å². The first-order valence-electron chi connectivity index (χ1n) is 12.4. The molecule has 35 heavy (non-hydrogen) atoms. The number of hydrogen-bond donors (Lipinski definition) is 2. The fourth-order valence-corrected chi connectivity index (χ4v) is 4.42. The van der Waals surface area contributed by atoms with Crippen molar-refractivity contribution in [3.63, 3.8) is 0 Å². The average molecular weight is 542 g/mol. The molecule has 2 N–H and O–H groups in total. The maximum Gasteiger partial charge on any atom is 0.410 e. The van der Waals surface area contributed by atoms with Crippen LogP contribution in [-0.2, 0) is 14.3 Å². The van der Waals surface area contributed by atoms with Crippen LogP contribution in [-0.4, -0.2) is 102 Å². The van der Waals surface area contributed by atoms with Gasteiger partial charge in [0, 0.05) is 51.2 Å². The normalized spacial score (nSPS) is 20.2. The first kappa shape index (κ1) is 33.7. The van der Waals surface area contributed by atoms with Crippen LogP contribution in [0.4, 0.5) is 4.79 Å². The van der Waals surface area contributed by atoms with Crippen molar-refractivity contribution >= 4 is 42.8 Å². The summed E-state index contributed by atoms with van der Waals surface area (Å²) in [7, 11) is 0. The lowest BCUT2D eigenvalue weighted by atomic mass is 9.96. The molecule has 11 heteroatoms. The molecule has 0 aromatic heterocycles. The van der Waals surface area contributed by atoms with Crippen molar-refractivity contribution in [2.24, 2.45) is 11.8 Å². The number of halogens is 2. The number of piperidine rings is 2. The third-order valence-corrected chi connectivity index (χ3v) is 6.54. The Kier molecular flexibility index (Phi) is 15.2. The standard InChI is InChI=1S/C13H25N3O.C11H19NO4.2ClH/c1-11(2)15-7-9-16(10-8-15)13(17)12-3-5-14-6-4-12;1-11(2,3)16-10(15)12-6-4-8(5-7-12)9(13)14;;/h11-12,14H,3-10H2,1-2H3;8H,4-7H2,1-3H3,(H,13,14);2*1H. The Labute approximate surface area is 223 Å². The molecule has 3 saturated heterocycles. The van der Waals surface area contributed by atoms with Crippen LogP contribution in [0.1, 0.15) is 60.3 Å². The van der Waals surface area contributed by atoms with Gasteiger partial charge < -0.3 is 25.0 Å². The van der Waals surface area contributed by atoms with E-state index in [-0.39, 0.29) is 42.7 Å². The molecule has 9 nitrogen and oxygen atoms in total. The highest BCUT2D eigenvalue weighted by molar-refractivity contribution is 5.85. The van der Waals surface area contributed by atoms with Crippen molar-refractivity contribution in [2.75, 3.05) is 52.4 Å². The monoisotopic (exact) mass is 540 g/mol. The summed E-state index contributed by atoms with van der Waals surface area (Å²) >= 11 is 0. The molecular formula is C24H46Cl2N4O5. The molecule has 3 aliphatic heterocycles. The highest BCUT2D eigenvalue weighted by Gasteiger charge is 2.30. The second kappa shape index (κ2) is 15.7. The molecule has 0 unspecified atom stereocenters. The number of carbonyl (C=O) groups excluding carboxylic acids is 2. The Hall–Kier alpha value is -1.29. The Bertz CT molecular complexity index is 653. The molecule has 0 spiro atoms. The van der Waals surface area contributed by atoms with E-state index in [1.54, 1.807) is 4.90 Å². The molecule has 0 aromatic rings. The molecule has 206 valence electrons. The lowest BCUT2D eigenvalue weighted by molar-refractivity contribution is -0.143. The summed E-state index contributed by atoms with van der Waals surface area (Å²) in [6.45, 7) is 16.7. The molecule has 3 aliphatic rings. The van der Waals surface area contributed by atoms with Gasteiger partial charge in [-0.05, 0) is 73.4 Å². The van der Waals surface area contributed by atoms with E-state index in [9.17, 15) is 14.4 Å². The van der Waals surface area contributed by atoms with Gasteiger partial charge in [-0.25, -0.2) is 4.79 Å². The lowest BCUT2D eigenvalue weighted by Crippen LogP contribution is -2.52. The van der Waals surface area contributed by atoms with Crippen molar-refractivity contribution in [2.45, 2.75) is 71.9 Å². The molecule has 0 bridgehead atoms. The summed E-state index contributed by atoms with van der Waals surface area (Å²) in [4.78, 5) is 40.8. The number of ether oxygens (including phenoxy) is 1. The highest BCUT2D eigenvalue weighted by Crippen LogP contribution is 2.20. The van der Waals surface area contributed by atoms with Gasteiger partial charge in [0.05, 0.1) is 5.92 Å². The Morgan fingerprint density at radius 1 is 0.829 bits per heavy atom. The number of carboxylic acids is 1. The third kappa shape index (κ3) is 11.5. The molecule has 0 atom stereocenters. The largest absolute Gasteiger partial charge is 0.481 e. The van der Waals surface area contributed by atoms with Crippen LogP contribution in [0.3, 0.4) is 0 Å². The molecule has 0 aliphatic carbocycles. The van der Waals surface area contributed by atoms with Crippen LogP contribution < -0.4 is 5.32 Å². The van der Waals surface area contributed by atoms with E-state index in [2.05, 4.69) is 29.0 Å². The zero-order valence-corrected chi connectivity index (χ0v) is 23.6. The van der Waals surface area contributed by atoms with Crippen molar-refractivity contribution in [1.29, 1.82) is 0 Å². The van der Waals surface area contributed by atoms with Crippen LogP contribution >= 0.6 is 24.8 Å². The second-order valence-electron chi connectivity index (χ2n) is 10.6. The molecule has 3 rings (SSSR count). The van der Waals surface area contributed by atoms with Gasteiger partial charge in [0.1, 0.15) is 5.60 Å². The first-order valence-corrected chi connectivity index (χ1v) is 12.4. The summed E-state index contributed by atoms with van der Waals surface area (Å²) < 4.78 is 5.21. The fraction of sp³-hybridized carbons (Fsp3) is 0.875. The molecule has 0 radical (unpaired) electrons. The van der Waals surface area contributed by atoms with Crippen LogP contribution in [0.2, 0.25) is 0 Å². The van der Waals surface area contributed by atoms with E-state index < -0.39 is 11.6 Å². The number of piperazine rings is 1. The van der Waals surface area contributed by atoms with Gasteiger partial charge in [-0.1, -0.05) is 0 Å². The lowest BCUT2D eigenvalue weighted by Gasteiger charge is -2.38. The van der Waals surface area contributed by atoms with Crippen molar-refractivity contribution in [1.82, 2.24) is 20.0 Å². The molecule has 3 heterocycles. The molecular weight excluding hydrogens is 495 g/mol. The predicted molar refractivity (Wildman–Crippen MR) is 142 cm³/mol. The third-order valence-electron chi connectivity index (χ3n) is 6.54. The van der Waals surface area contributed by atoms with Gasteiger partial charge in [0.25, 0.3) is 0 Å². The maximum absolute atomic E-state index is 12.3. The minimum atomic E-state index is -0.774. The van der Waals surface area contributed by atoms with Crippen LogP contribution in [0, 0.1) is 11.8 Å². The summed E-state index contributed by atoms with van der Waals surface area (Å²) in [5.41, 5.74) is -0.499. The predicted octanol–water partition coefficient (Wildman–Crippen LogP) is 3.10. The zero-order chi connectivity index (χ0) is 24.6. The quantitative estimate of drug-likeness (QED) is 0.566. The van der Waals surface area contributed by atoms with E-state index >= 15 is 0 Å². The molecule has 3 fully saturated rings. The first-order chi connectivity index (χ1) is 15.5. The number of aliphatic carboxylic acids is 1. The smallest absolute Gasteiger partial charge is 0.410 e. The van der Waals surface area contributed by atoms with Gasteiger partial charge in [-0.3, -0.25) is 14.5 Å². The van der Waals surface area contributed by atoms with E-state index in [4.69, 9.17) is 9.84 Å². The summed E-state index contributed by atoms with van der Waals surface area (Å²) in [6, 6.07) is 0.603.